The standard InChI is InChI=1S/C24H27N5O4S/c1-15-13-18(16(2)28(15)20-9-8-17(33-4)14-21(20)29(30)31)23-22(19-7-5-6-10-25-19)26-24(34)27(23)11-12-32-3/h5-10,13-14,22-23H,11-12H2,1-4H3,(H,26,34)/t22-,23+/m1/s1. The molecule has 178 valence electrons. The van der Waals surface area contributed by atoms with Crippen molar-refractivity contribution in [3.05, 3.63) is 81.4 Å². The maximum Gasteiger partial charge on any atom is 0.296 e. The van der Waals surface area contributed by atoms with E-state index in [1.54, 1.807) is 25.4 Å². The lowest BCUT2D eigenvalue weighted by atomic mass is 9.97. The summed E-state index contributed by atoms with van der Waals surface area (Å²) >= 11 is 5.69. The first-order chi connectivity index (χ1) is 16.4. The van der Waals surface area contributed by atoms with Crippen LogP contribution in [0.5, 0.6) is 5.75 Å². The van der Waals surface area contributed by atoms with Gasteiger partial charge < -0.3 is 24.3 Å². The number of thiocarbonyl (C=S) groups is 1. The highest BCUT2D eigenvalue weighted by Gasteiger charge is 2.41. The van der Waals surface area contributed by atoms with Crippen LogP contribution in [0.2, 0.25) is 0 Å². The molecule has 0 saturated carbocycles. The van der Waals surface area contributed by atoms with Crippen LogP contribution < -0.4 is 10.1 Å². The van der Waals surface area contributed by atoms with E-state index in [1.165, 1.54) is 13.2 Å². The monoisotopic (exact) mass is 481 g/mol. The van der Waals surface area contributed by atoms with E-state index in [0.717, 1.165) is 22.6 Å². The van der Waals surface area contributed by atoms with Gasteiger partial charge in [-0.1, -0.05) is 6.07 Å². The molecule has 1 N–H and O–H groups in total. The Morgan fingerprint density at radius 3 is 2.65 bits per heavy atom. The first-order valence-corrected chi connectivity index (χ1v) is 11.3. The highest BCUT2D eigenvalue weighted by Crippen LogP contribution is 2.42. The van der Waals surface area contributed by atoms with E-state index in [4.69, 9.17) is 21.7 Å². The molecule has 1 aromatic carbocycles. The molecule has 0 radical (unpaired) electrons. The maximum absolute atomic E-state index is 11.9. The van der Waals surface area contributed by atoms with Gasteiger partial charge in [0, 0.05) is 31.2 Å². The van der Waals surface area contributed by atoms with E-state index in [0.29, 0.717) is 29.7 Å². The highest BCUT2D eigenvalue weighted by molar-refractivity contribution is 7.80. The zero-order valence-electron chi connectivity index (χ0n) is 19.5. The van der Waals surface area contributed by atoms with E-state index in [2.05, 4.69) is 21.3 Å². The van der Waals surface area contributed by atoms with Crippen molar-refractivity contribution in [2.24, 2.45) is 0 Å². The second kappa shape index (κ2) is 9.78. The van der Waals surface area contributed by atoms with Crippen molar-refractivity contribution < 1.29 is 14.4 Å². The number of methoxy groups -OCH3 is 2. The van der Waals surface area contributed by atoms with Crippen molar-refractivity contribution in [1.82, 2.24) is 19.8 Å². The second-order valence-electron chi connectivity index (χ2n) is 8.09. The van der Waals surface area contributed by atoms with Crippen LogP contribution in [0.4, 0.5) is 5.69 Å². The fourth-order valence-electron chi connectivity index (χ4n) is 4.60. The van der Waals surface area contributed by atoms with Gasteiger partial charge in [-0.05, 0) is 62.0 Å². The van der Waals surface area contributed by atoms with E-state index in [9.17, 15) is 10.1 Å². The second-order valence-corrected chi connectivity index (χ2v) is 8.47. The minimum atomic E-state index is -0.385. The number of hydrogen-bond acceptors (Lipinski definition) is 6. The fourth-order valence-corrected chi connectivity index (χ4v) is 4.93. The van der Waals surface area contributed by atoms with Gasteiger partial charge in [0.1, 0.15) is 11.4 Å². The molecule has 0 aliphatic carbocycles. The van der Waals surface area contributed by atoms with Gasteiger partial charge in [0.05, 0.1) is 42.5 Å². The zero-order valence-corrected chi connectivity index (χ0v) is 20.3. The molecule has 2 aromatic heterocycles. The van der Waals surface area contributed by atoms with Crippen molar-refractivity contribution in [3.8, 4) is 11.4 Å². The molecule has 4 rings (SSSR count). The molecule has 3 aromatic rings. The average molecular weight is 482 g/mol. The molecule has 9 nitrogen and oxygen atoms in total. The summed E-state index contributed by atoms with van der Waals surface area (Å²) in [4.78, 5) is 18.2. The van der Waals surface area contributed by atoms with Crippen molar-refractivity contribution in [2.75, 3.05) is 27.4 Å². The molecular formula is C24H27N5O4S. The number of aryl methyl sites for hydroxylation is 1. The van der Waals surface area contributed by atoms with Gasteiger partial charge in [-0.15, -0.1) is 0 Å². The van der Waals surface area contributed by atoms with Gasteiger partial charge in [0.2, 0.25) is 0 Å². The summed E-state index contributed by atoms with van der Waals surface area (Å²) in [5, 5.41) is 15.9. The quantitative estimate of drug-likeness (QED) is 0.293. The third-order valence-electron chi connectivity index (χ3n) is 6.14. The van der Waals surface area contributed by atoms with Crippen LogP contribution in [0.1, 0.15) is 34.7 Å². The van der Waals surface area contributed by atoms with Crippen molar-refractivity contribution in [3.63, 3.8) is 0 Å². The molecule has 0 bridgehead atoms. The van der Waals surface area contributed by atoms with Crippen LogP contribution >= 0.6 is 12.2 Å². The number of ether oxygens (including phenoxy) is 2. The first-order valence-electron chi connectivity index (χ1n) is 10.9. The van der Waals surface area contributed by atoms with Crippen LogP contribution in [-0.4, -0.2) is 51.9 Å². The largest absolute Gasteiger partial charge is 0.496 e. The van der Waals surface area contributed by atoms with E-state index < -0.39 is 0 Å². The number of aromatic nitrogens is 2. The van der Waals surface area contributed by atoms with Crippen LogP contribution in [0, 0.1) is 24.0 Å². The van der Waals surface area contributed by atoms with Crippen LogP contribution in [0.3, 0.4) is 0 Å². The third-order valence-corrected chi connectivity index (χ3v) is 6.50. The lowest BCUT2D eigenvalue weighted by molar-refractivity contribution is -0.384. The summed E-state index contributed by atoms with van der Waals surface area (Å²) < 4.78 is 12.5. The topological polar surface area (TPSA) is 94.7 Å². The van der Waals surface area contributed by atoms with Gasteiger partial charge in [0.15, 0.2) is 5.11 Å². The Balaban J connectivity index is 1.86. The van der Waals surface area contributed by atoms with Gasteiger partial charge in [-0.25, -0.2) is 0 Å². The number of hydrogen-bond donors (Lipinski definition) is 1. The van der Waals surface area contributed by atoms with Gasteiger partial charge in [0.25, 0.3) is 5.69 Å². The van der Waals surface area contributed by atoms with Gasteiger partial charge >= 0.3 is 0 Å². The summed E-state index contributed by atoms with van der Waals surface area (Å²) in [7, 11) is 3.15. The van der Waals surface area contributed by atoms with Crippen LogP contribution in [0.25, 0.3) is 5.69 Å². The SMILES string of the molecule is COCCN1C(=S)N[C@H](c2ccccn2)[C@@H]1c1cc(C)n(-c2ccc(OC)cc2[N+](=O)[O-])c1C. The predicted octanol–water partition coefficient (Wildman–Crippen LogP) is 4.02. The number of nitrogens with one attached hydrogen (secondary N) is 1. The fraction of sp³-hybridized carbons (Fsp3) is 0.333. The van der Waals surface area contributed by atoms with E-state index in [-0.39, 0.29) is 22.7 Å². The lowest BCUT2D eigenvalue weighted by Crippen LogP contribution is -2.32. The van der Waals surface area contributed by atoms with Crippen molar-refractivity contribution in [2.45, 2.75) is 25.9 Å². The van der Waals surface area contributed by atoms with E-state index >= 15 is 0 Å². The molecule has 1 aliphatic heterocycles. The number of benzene rings is 1. The summed E-state index contributed by atoms with van der Waals surface area (Å²) in [6, 6.07) is 12.4. The molecule has 3 heterocycles. The minimum Gasteiger partial charge on any atom is -0.496 e. The maximum atomic E-state index is 11.9. The molecular weight excluding hydrogens is 454 g/mol. The number of nitro benzene ring substituents is 1. The molecule has 10 heteroatoms. The Morgan fingerprint density at radius 1 is 1.21 bits per heavy atom. The molecule has 0 spiro atoms. The van der Waals surface area contributed by atoms with E-state index in [1.807, 2.05) is 36.6 Å². The number of pyridine rings is 1. The Kier molecular flexibility index (Phi) is 6.80. The summed E-state index contributed by atoms with van der Waals surface area (Å²) in [5.41, 5.74) is 4.12. The number of nitro groups is 1. The molecule has 0 unspecified atom stereocenters. The van der Waals surface area contributed by atoms with Gasteiger partial charge in [-0.2, -0.15) is 0 Å². The molecule has 1 fully saturated rings. The zero-order chi connectivity index (χ0) is 24.4. The van der Waals surface area contributed by atoms with Crippen LogP contribution in [0.15, 0.2) is 48.7 Å². The average Bonchev–Trinajstić information content (AvgIpc) is 3.32. The van der Waals surface area contributed by atoms with Gasteiger partial charge in [-0.3, -0.25) is 15.1 Å². The molecule has 2 atom stereocenters. The summed E-state index contributed by atoms with van der Waals surface area (Å²) in [6.07, 6.45) is 1.76. The molecule has 34 heavy (non-hydrogen) atoms. The third kappa shape index (κ3) is 4.22. The minimum absolute atomic E-state index is 0.0229. The first kappa shape index (κ1) is 23.7. The molecule has 0 amide bonds. The summed E-state index contributed by atoms with van der Waals surface area (Å²) in [5.74, 6) is 0.435. The Labute approximate surface area is 203 Å². The van der Waals surface area contributed by atoms with Crippen LogP contribution in [-0.2, 0) is 4.74 Å². The highest BCUT2D eigenvalue weighted by atomic mass is 32.1. The predicted molar refractivity (Wildman–Crippen MR) is 132 cm³/mol. The molecule has 1 aliphatic rings. The number of nitrogens with zero attached hydrogens (tertiary/aromatic N) is 4. The summed E-state index contributed by atoms with van der Waals surface area (Å²) in [6.45, 7) is 5.03. The van der Waals surface area contributed by atoms with Crippen molar-refractivity contribution >= 4 is 23.0 Å². The Bertz CT molecular complexity index is 1210. The Morgan fingerprint density at radius 2 is 2.00 bits per heavy atom. The van der Waals surface area contributed by atoms with Crippen molar-refractivity contribution in [1.29, 1.82) is 0 Å². The number of rotatable bonds is 8. The Hall–Kier alpha value is -3.50. The molecule has 1 saturated heterocycles. The smallest absolute Gasteiger partial charge is 0.296 e. The lowest BCUT2D eigenvalue weighted by Gasteiger charge is -2.28. The normalized spacial score (nSPS) is 17.6.